The summed E-state index contributed by atoms with van der Waals surface area (Å²) in [5.74, 6) is 0.285. The molecule has 0 bridgehead atoms. The highest BCUT2D eigenvalue weighted by atomic mass is 32.3. The van der Waals surface area contributed by atoms with Gasteiger partial charge in [0, 0.05) is 36.3 Å². The number of hydrogen-bond acceptors (Lipinski definition) is 7. The lowest BCUT2D eigenvalue weighted by Crippen LogP contribution is -2.52. The summed E-state index contributed by atoms with van der Waals surface area (Å²) in [4.78, 5) is 14.7. The fourth-order valence-electron chi connectivity index (χ4n) is 3.25. The highest BCUT2D eigenvalue weighted by Crippen LogP contribution is 2.27. The molecule has 1 saturated heterocycles. The van der Waals surface area contributed by atoms with Crippen molar-refractivity contribution < 1.29 is 18.3 Å². The van der Waals surface area contributed by atoms with Gasteiger partial charge < -0.3 is 14.2 Å². The molecule has 10 heteroatoms. The summed E-state index contributed by atoms with van der Waals surface area (Å²) in [6.45, 7) is 1.23. The van der Waals surface area contributed by atoms with E-state index in [1.807, 2.05) is 6.07 Å². The third kappa shape index (κ3) is 4.12. The zero-order chi connectivity index (χ0) is 21.1. The highest BCUT2D eigenvalue weighted by molar-refractivity contribution is 7.97. The normalized spacial score (nSPS) is 16.8. The Morgan fingerprint density at radius 2 is 1.90 bits per heavy atom. The predicted molar refractivity (Wildman–Crippen MR) is 113 cm³/mol. The van der Waals surface area contributed by atoms with Crippen molar-refractivity contribution in [1.82, 2.24) is 19.4 Å². The van der Waals surface area contributed by atoms with Gasteiger partial charge in [0.05, 0.1) is 25.9 Å². The molecular formula is C20H20N4O4S2. The topological polar surface area (TPSA) is 98.7 Å². The molecule has 156 valence electrons. The molecule has 1 aliphatic rings. The SMILES string of the molecule is COc1ccc(-c2cccc(C(=O)N3CCN([S+](=O)([O-])c4cccs4)CC3)c2)nn1. The summed E-state index contributed by atoms with van der Waals surface area (Å²) in [6, 6.07) is 14.0. The van der Waals surface area contributed by atoms with E-state index in [-0.39, 0.29) is 19.0 Å². The zero-order valence-corrected chi connectivity index (χ0v) is 17.9. The van der Waals surface area contributed by atoms with E-state index in [2.05, 4.69) is 10.2 Å². The first-order chi connectivity index (χ1) is 14.5. The van der Waals surface area contributed by atoms with Gasteiger partial charge in [-0.2, -0.15) is 0 Å². The molecule has 0 radical (unpaired) electrons. The van der Waals surface area contributed by atoms with Crippen LogP contribution in [0.1, 0.15) is 10.4 Å². The molecule has 30 heavy (non-hydrogen) atoms. The molecule has 4 rings (SSSR count). The van der Waals surface area contributed by atoms with E-state index in [9.17, 15) is 13.6 Å². The monoisotopic (exact) mass is 444 g/mol. The molecule has 0 spiro atoms. The summed E-state index contributed by atoms with van der Waals surface area (Å²) in [5.41, 5.74) is 1.94. The molecule has 8 nitrogen and oxygen atoms in total. The van der Waals surface area contributed by atoms with Crippen molar-refractivity contribution >= 4 is 27.6 Å². The Hall–Kier alpha value is -2.66. The summed E-state index contributed by atoms with van der Waals surface area (Å²) in [5, 5.41) is 9.83. The third-order valence-corrected chi connectivity index (χ3v) is 8.14. The van der Waals surface area contributed by atoms with Crippen LogP contribution in [0.2, 0.25) is 0 Å². The summed E-state index contributed by atoms with van der Waals surface area (Å²) < 4.78 is 32.1. The molecule has 0 aliphatic carbocycles. The Morgan fingerprint density at radius 1 is 1.10 bits per heavy atom. The maximum absolute atomic E-state index is 13.0. The summed E-state index contributed by atoms with van der Waals surface area (Å²) in [7, 11) is -1.97. The van der Waals surface area contributed by atoms with E-state index in [4.69, 9.17) is 4.74 Å². The van der Waals surface area contributed by atoms with Gasteiger partial charge in [0.15, 0.2) is 10.4 Å². The predicted octanol–water partition coefficient (Wildman–Crippen LogP) is 2.58. The van der Waals surface area contributed by atoms with Crippen molar-refractivity contribution in [2.75, 3.05) is 33.3 Å². The minimum absolute atomic E-state index is 0.133. The number of nitrogens with zero attached hydrogens (tertiary/aromatic N) is 4. The number of aromatic nitrogens is 2. The van der Waals surface area contributed by atoms with Crippen LogP contribution in [-0.4, -0.2) is 63.2 Å². The van der Waals surface area contributed by atoms with Crippen LogP contribution in [0, 0.1) is 0 Å². The maximum atomic E-state index is 13.0. The number of methoxy groups -OCH3 is 1. The fourth-order valence-corrected chi connectivity index (χ4v) is 5.81. The van der Waals surface area contributed by atoms with E-state index < -0.39 is 10.4 Å². The van der Waals surface area contributed by atoms with Gasteiger partial charge in [-0.3, -0.25) is 4.79 Å². The lowest BCUT2D eigenvalue weighted by molar-refractivity contribution is 0.0693. The van der Waals surface area contributed by atoms with Gasteiger partial charge in [-0.15, -0.1) is 14.5 Å². The molecule has 1 atom stereocenters. The molecule has 1 aromatic carbocycles. The lowest BCUT2D eigenvalue weighted by atomic mass is 10.1. The third-order valence-electron chi connectivity index (χ3n) is 4.87. The summed E-state index contributed by atoms with van der Waals surface area (Å²) in [6.07, 6.45) is 0. The van der Waals surface area contributed by atoms with Crippen LogP contribution in [0.4, 0.5) is 0 Å². The number of amides is 1. The molecule has 0 saturated carbocycles. The first-order valence-corrected chi connectivity index (χ1v) is 11.6. The number of benzene rings is 1. The maximum Gasteiger partial charge on any atom is 0.253 e. The van der Waals surface area contributed by atoms with E-state index in [1.165, 1.54) is 22.8 Å². The molecule has 1 aliphatic heterocycles. The van der Waals surface area contributed by atoms with Crippen molar-refractivity contribution in [2.45, 2.75) is 4.21 Å². The second-order valence-electron chi connectivity index (χ2n) is 6.67. The number of carbonyl (C=O) groups is 1. The quantitative estimate of drug-likeness (QED) is 0.561. The molecule has 1 fully saturated rings. The van der Waals surface area contributed by atoms with Gasteiger partial charge >= 0.3 is 0 Å². The van der Waals surface area contributed by atoms with Crippen molar-refractivity contribution in [2.24, 2.45) is 0 Å². The lowest BCUT2D eigenvalue weighted by Gasteiger charge is -2.35. The Kier molecular flexibility index (Phi) is 5.91. The van der Waals surface area contributed by atoms with Crippen molar-refractivity contribution in [3.63, 3.8) is 0 Å². The van der Waals surface area contributed by atoms with Crippen LogP contribution in [0.5, 0.6) is 5.88 Å². The first kappa shape index (κ1) is 20.6. The second kappa shape index (κ2) is 8.60. The molecular weight excluding hydrogens is 424 g/mol. The standard InChI is InChI=1S/C20H20N4O4S2/c1-28-18-8-7-17(21-22-18)15-4-2-5-16(14-15)20(25)23-9-11-24(12-10-23)30(26,27)19-6-3-13-29-19/h2-8,13-14H,9-12H2,1H3. The number of piperazine rings is 1. The van der Waals surface area contributed by atoms with Crippen LogP contribution < -0.4 is 4.74 Å². The summed E-state index contributed by atoms with van der Waals surface area (Å²) >= 11 is 1.20. The fraction of sp³-hybridized carbons (Fsp3) is 0.250. The van der Waals surface area contributed by atoms with Gasteiger partial charge in [-0.25, -0.2) is 0 Å². The number of thiophene rings is 1. The molecule has 3 aromatic rings. The Bertz CT molecular complexity index is 1060. The largest absolute Gasteiger partial charge is 0.592 e. The van der Waals surface area contributed by atoms with Gasteiger partial charge in [-0.05, 0) is 29.6 Å². The van der Waals surface area contributed by atoms with E-state index in [0.717, 1.165) is 5.56 Å². The van der Waals surface area contributed by atoms with E-state index in [1.54, 1.807) is 52.7 Å². The van der Waals surface area contributed by atoms with E-state index >= 15 is 0 Å². The van der Waals surface area contributed by atoms with Crippen LogP contribution in [-0.2, 0) is 14.6 Å². The van der Waals surface area contributed by atoms with Crippen molar-refractivity contribution in [1.29, 1.82) is 0 Å². The smallest absolute Gasteiger partial charge is 0.253 e. The minimum atomic E-state index is -3.49. The number of carbonyl (C=O) groups excluding carboxylic acids is 1. The van der Waals surface area contributed by atoms with Crippen molar-refractivity contribution in [3.8, 4) is 17.1 Å². The minimum Gasteiger partial charge on any atom is -0.592 e. The van der Waals surface area contributed by atoms with Crippen LogP contribution >= 0.6 is 11.3 Å². The first-order valence-electron chi connectivity index (χ1n) is 9.30. The molecule has 1 amide bonds. The van der Waals surface area contributed by atoms with Crippen LogP contribution in [0.3, 0.4) is 0 Å². The van der Waals surface area contributed by atoms with Gasteiger partial charge in [0.2, 0.25) is 10.1 Å². The highest BCUT2D eigenvalue weighted by Gasteiger charge is 2.35. The number of sulfonamides is 1. The average Bonchev–Trinajstić information content (AvgIpc) is 3.35. The van der Waals surface area contributed by atoms with Gasteiger partial charge in [0.25, 0.3) is 5.91 Å². The number of rotatable bonds is 5. The molecule has 0 N–H and O–H groups in total. The number of ether oxygens (including phenoxy) is 1. The van der Waals surface area contributed by atoms with Gasteiger partial charge in [0.1, 0.15) is 0 Å². The zero-order valence-electron chi connectivity index (χ0n) is 16.3. The Morgan fingerprint density at radius 3 is 2.53 bits per heavy atom. The van der Waals surface area contributed by atoms with Crippen molar-refractivity contribution in [3.05, 3.63) is 59.5 Å². The average molecular weight is 445 g/mol. The molecule has 1 unspecified atom stereocenters. The molecule has 3 heterocycles. The number of hydrogen-bond donors (Lipinski definition) is 0. The molecule has 2 aromatic heterocycles. The van der Waals surface area contributed by atoms with Crippen LogP contribution in [0.15, 0.2) is 58.1 Å². The Balaban J connectivity index is 1.45. The second-order valence-corrected chi connectivity index (χ2v) is 9.78. The van der Waals surface area contributed by atoms with Crippen LogP contribution in [0.25, 0.3) is 11.3 Å². The Labute approximate surface area is 179 Å². The van der Waals surface area contributed by atoms with E-state index in [0.29, 0.717) is 34.4 Å². The van der Waals surface area contributed by atoms with Gasteiger partial charge in [-0.1, -0.05) is 27.7 Å².